The lowest BCUT2D eigenvalue weighted by atomic mass is 10.1. The fourth-order valence-electron chi connectivity index (χ4n) is 3.63. The van der Waals surface area contributed by atoms with Crippen LogP contribution in [0.5, 0.6) is 5.75 Å². The largest absolute Gasteiger partial charge is 0.497 e. The number of β-amino-alcohol motifs (C(OH)–C–C–N with tert-alkyl or cyclic N) is 1. The second-order valence-corrected chi connectivity index (χ2v) is 6.56. The summed E-state index contributed by atoms with van der Waals surface area (Å²) in [4.78, 5) is 4.69. The van der Waals surface area contributed by atoms with E-state index in [-0.39, 0.29) is 19.0 Å². The van der Waals surface area contributed by atoms with Crippen LogP contribution in [0.15, 0.2) is 52.9 Å². The van der Waals surface area contributed by atoms with Crippen LogP contribution in [0.4, 0.5) is 5.69 Å². The maximum atomic E-state index is 9.17. The molecular formula is C21H25ClN2O3. The Labute approximate surface area is 165 Å². The maximum absolute atomic E-state index is 9.17. The number of ether oxygens (including phenoxy) is 1. The zero-order chi connectivity index (χ0) is 17.9. The van der Waals surface area contributed by atoms with E-state index < -0.39 is 0 Å². The molecule has 5 nitrogen and oxygen atoms in total. The second kappa shape index (κ2) is 8.65. The van der Waals surface area contributed by atoms with Crippen LogP contribution in [0.1, 0.15) is 0 Å². The molecule has 27 heavy (non-hydrogen) atoms. The van der Waals surface area contributed by atoms with Crippen LogP contribution in [0.2, 0.25) is 0 Å². The minimum atomic E-state index is 0. The number of aliphatic hydroxyl groups excluding tert-OH is 1. The third-order valence-electron chi connectivity index (χ3n) is 5.01. The SMILES string of the molecule is COc1ccc2c(N3CCN(CCO)CC3)c(-c3ccccc3)oc2c1.Cl. The number of aliphatic hydroxyl groups is 1. The highest BCUT2D eigenvalue weighted by Gasteiger charge is 2.25. The summed E-state index contributed by atoms with van der Waals surface area (Å²) >= 11 is 0. The highest BCUT2D eigenvalue weighted by molar-refractivity contribution is 6.00. The Balaban J connectivity index is 0.00000210. The van der Waals surface area contributed by atoms with Gasteiger partial charge in [-0.25, -0.2) is 0 Å². The van der Waals surface area contributed by atoms with Gasteiger partial charge >= 0.3 is 0 Å². The van der Waals surface area contributed by atoms with Crippen LogP contribution in [-0.4, -0.2) is 56.4 Å². The first-order valence-corrected chi connectivity index (χ1v) is 9.04. The number of anilines is 1. The molecule has 3 aromatic rings. The van der Waals surface area contributed by atoms with Crippen molar-refractivity contribution < 1.29 is 14.3 Å². The molecule has 0 spiro atoms. The molecule has 0 saturated carbocycles. The van der Waals surface area contributed by atoms with Crippen LogP contribution in [0, 0.1) is 0 Å². The van der Waals surface area contributed by atoms with Crippen LogP contribution in [-0.2, 0) is 0 Å². The van der Waals surface area contributed by atoms with Gasteiger partial charge in [0.1, 0.15) is 11.3 Å². The van der Waals surface area contributed by atoms with E-state index in [1.165, 1.54) is 0 Å². The van der Waals surface area contributed by atoms with Gasteiger partial charge in [0.15, 0.2) is 5.76 Å². The van der Waals surface area contributed by atoms with Gasteiger partial charge in [0.05, 0.1) is 19.4 Å². The topological polar surface area (TPSA) is 49.1 Å². The second-order valence-electron chi connectivity index (χ2n) is 6.56. The number of methoxy groups -OCH3 is 1. The third-order valence-corrected chi connectivity index (χ3v) is 5.01. The van der Waals surface area contributed by atoms with E-state index in [9.17, 15) is 0 Å². The summed E-state index contributed by atoms with van der Waals surface area (Å²) in [7, 11) is 1.67. The van der Waals surface area contributed by atoms with Crippen molar-refractivity contribution >= 4 is 29.1 Å². The van der Waals surface area contributed by atoms with Crippen molar-refractivity contribution in [2.45, 2.75) is 0 Å². The van der Waals surface area contributed by atoms with Crippen LogP contribution in [0.3, 0.4) is 0 Å². The standard InChI is InChI=1S/C21H24N2O3.ClH/c1-25-17-7-8-18-19(15-17)26-21(16-5-3-2-4-6-16)20(18)23-11-9-22(10-12-23)13-14-24;/h2-8,15,24H,9-14H2,1H3;1H. The molecule has 1 fully saturated rings. The molecule has 4 rings (SSSR count). The molecule has 1 aliphatic heterocycles. The summed E-state index contributed by atoms with van der Waals surface area (Å²) in [6, 6.07) is 16.3. The number of fused-ring (bicyclic) bond motifs is 1. The van der Waals surface area contributed by atoms with Crippen molar-refractivity contribution in [3.05, 3.63) is 48.5 Å². The molecule has 0 amide bonds. The number of piperazine rings is 1. The third kappa shape index (κ3) is 3.90. The van der Waals surface area contributed by atoms with Crippen molar-refractivity contribution in [1.29, 1.82) is 0 Å². The predicted molar refractivity (Wildman–Crippen MR) is 111 cm³/mol. The van der Waals surface area contributed by atoms with E-state index in [2.05, 4.69) is 28.0 Å². The maximum Gasteiger partial charge on any atom is 0.158 e. The number of nitrogens with zero attached hydrogens (tertiary/aromatic N) is 2. The van der Waals surface area contributed by atoms with Crippen LogP contribution < -0.4 is 9.64 Å². The molecule has 144 valence electrons. The lowest BCUT2D eigenvalue weighted by Crippen LogP contribution is -2.47. The lowest BCUT2D eigenvalue weighted by Gasteiger charge is -2.35. The Morgan fingerprint density at radius 3 is 2.44 bits per heavy atom. The van der Waals surface area contributed by atoms with E-state index in [0.29, 0.717) is 0 Å². The fraction of sp³-hybridized carbons (Fsp3) is 0.333. The molecule has 1 aliphatic rings. The smallest absolute Gasteiger partial charge is 0.158 e. The molecule has 0 radical (unpaired) electrons. The minimum absolute atomic E-state index is 0. The van der Waals surface area contributed by atoms with Crippen LogP contribution >= 0.6 is 12.4 Å². The number of halogens is 1. The molecule has 0 atom stereocenters. The number of benzene rings is 2. The predicted octanol–water partition coefficient (Wildman–Crippen LogP) is 3.64. The Morgan fingerprint density at radius 2 is 1.78 bits per heavy atom. The van der Waals surface area contributed by atoms with Crippen molar-refractivity contribution in [2.24, 2.45) is 0 Å². The van der Waals surface area contributed by atoms with Gasteiger partial charge in [0.25, 0.3) is 0 Å². The zero-order valence-electron chi connectivity index (χ0n) is 15.4. The van der Waals surface area contributed by atoms with Gasteiger partial charge in [-0.15, -0.1) is 12.4 Å². The minimum Gasteiger partial charge on any atom is -0.497 e. The Bertz CT molecular complexity index is 874. The van der Waals surface area contributed by atoms with Gasteiger partial charge in [0.2, 0.25) is 0 Å². The molecule has 6 heteroatoms. The van der Waals surface area contributed by atoms with Gasteiger partial charge in [-0.1, -0.05) is 30.3 Å². The molecule has 1 aromatic heterocycles. The molecule has 1 saturated heterocycles. The summed E-state index contributed by atoms with van der Waals surface area (Å²) in [6.45, 7) is 4.67. The van der Waals surface area contributed by atoms with Crippen molar-refractivity contribution in [3.8, 4) is 17.1 Å². The van der Waals surface area contributed by atoms with Crippen molar-refractivity contribution in [2.75, 3.05) is 51.3 Å². The summed E-state index contributed by atoms with van der Waals surface area (Å²) in [5.41, 5.74) is 3.07. The van der Waals surface area contributed by atoms with Crippen molar-refractivity contribution in [1.82, 2.24) is 4.90 Å². The highest BCUT2D eigenvalue weighted by Crippen LogP contribution is 2.41. The van der Waals surface area contributed by atoms with Gasteiger partial charge in [-0.05, 0) is 12.1 Å². The van der Waals surface area contributed by atoms with E-state index in [4.69, 9.17) is 14.3 Å². The highest BCUT2D eigenvalue weighted by atomic mass is 35.5. The average molecular weight is 389 g/mol. The van der Waals surface area contributed by atoms with E-state index in [1.54, 1.807) is 7.11 Å². The fourth-order valence-corrected chi connectivity index (χ4v) is 3.63. The molecule has 0 bridgehead atoms. The molecular weight excluding hydrogens is 364 g/mol. The number of hydrogen-bond acceptors (Lipinski definition) is 5. The average Bonchev–Trinajstić information content (AvgIpc) is 3.08. The first-order valence-electron chi connectivity index (χ1n) is 9.04. The first kappa shape index (κ1) is 19.5. The normalized spacial score (nSPS) is 15.0. The quantitative estimate of drug-likeness (QED) is 0.723. The van der Waals surface area contributed by atoms with E-state index in [0.717, 1.165) is 66.5 Å². The Morgan fingerprint density at radius 1 is 1.04 bits per heavy atom. The summed E-state index contributed by atoms with van der Waals surface area (Å²) < 4.78 is 11.6. The number of rotatable bonds is 5. The molecule has 2 heterocycles. The van der Waals surface area contributed by atoms with Gasteiger partial charge < -0.3 is 19.2 Å². The Hall–Kier alpha value is -2.21. The molecule has 0 aliphatic carbocycles. The van der Waals surface area contributed by atoms with Crippen molar-refractivity contribution in [3.63, 3.8) is 0 Å². The Kier molecular flexibility index (Phi) is 6.26. The molecule has 2 aromatic carbocycles. The summed E-state index contributed by atoms with van der Waals surface area (Å²) in [6.07, 6.45) is 0. The number of hydrogen-bond donors (Lipinski definition) is 1. The molecule has 0 unspecified atom stereocenters. The lowest BCUT2D eigenvalue weighted by molar-refractivity contribution is 0.189. The summed E-state index contributed by atoms with van der Waals surface area (Å²) in [5, 5.41) is 10.3. The van der Waals surface area contributed by atoms with Gasteiger partial charge in [0, 0.05) is 49.7 Å². The summed E-state index contributed by atoms with van der Waals surface area (Å²) in [5.74, 6) is 1.70. The molecule has 1 N–H and O–H groups in total. The van der Waals surface area contributed by atoms with Crippen LogP contribution in [0.25, 0.3) is 22.3 Å². The van der Waals surface area contributed by atoms with Gasteiger partial charge in [-0.3, -0.25) is 4.90 Å². The first-order chi connectivity index (χ1) is 12.8. The monoisotopic (exact) mass is 388 g/mol. The van der Waals surface area contributed by atoms with E-state index in [1.807, 2.05) is 30.3 Å². The van der Waals surface area contributed by atoms with E-state index >= 15 is 0 Å². The number of furan rings is 1. The van der Waals surface area contributed by atoms with Gasteiger partial charge in [-0.2, -0.15) is 0 Å². The zero-order valence-corrected chi connectivity index (χ0v) is 16.2.